The molecular formula is C34H41N3O6. The third kappa shape index (κ3) is 9.08. The first-order valence-electron chi connectivity index (χ1n) is 14.9. The number of aryl methyl sites for hydroxylation is 1. The Bertz CT molecular complexity index is 1440. The molecule has 0 aliphatic carbocycles. The van der Waals surface area contributed by atoms with Crippen LogP contribution in [0.5, 0.6) is 17.2 Å². The maximum Gasteiger partial charge on any atom is 0.302 e. The van der Waals surface area contributed by atoms with Crippen molar-refractivity contribution in [3.8, 4) is 29.1 Å². The van der Waals surface area contributed by atoms with Crippen molar-refractivity contribution in [1.29, 1.82) is 0 Å². The van der Waals surface area contributed by atoms with Gasteiger partial charge in [-0.3, -0.25) is 14.6 Å². The topological polar surface area (TPSA) is 130 Å². The standard InChI is InChI=1S/C34H41N3O6/c1-4-23-8-10-30(43-22(2)38)19-29(39)16-25(27-17-31(40)34(41)32(18-27)42-3)6-5-12-36-33-15-24(11-13-37-33)7-9-26-20-35-21-28(26)14-23/h11,13,15,17-18,21,23,25,30,40-41H,4,7-10,12,14,16,19-20H2,1-3H3,(H,36,37)/t23-,25-,30-/m1/s1. The molecule has 9 nitrogen and oxygen atoms in total. The number of hydrogen-bond donors (Lipinski definition) is 3. The molecule has 2 aliphatic rings. The molecular weight excluding hydrogens is 546 g/mol. The van der Waals surface area contributed by atoms with E-state index in [1.807, 2.05) is 18.3 Å². The van der Waals surface area contributed by atoms with Gasteiger partial charge in [0.25, 0.3) is 0 Å². The highest BCUT2D eigenvalue weighted by Crippen LogP contribution is 2.39. The smallest absolute Gasteiger partial charge is 0.302 e. The molecule has 43 heavy (non-hydrogen) atoms. The number of pyridine rings is 1. The highest BCUT2D eigenvalue weighted by Gasteiger charge is 2.24. The molecule has 0 fully saturated rings. The fraction of sp³-hybridized carbons (Fsp3) is 0.471. The van der Waals surface area contributed by atoms with Gasteiger partial charge in [0.15, 0.2) is 11.5 Å². The van der Waals surface area contributed by atoms with Crippen LogP contribution < -0.4 is 10.1 Å². The van der Waals surface area contributed by atoms with E-state index in [0.29, 0.717) is 30.3 Å². The van der Waals surface area contributed by atoms with E-state index in [2.05, 4.69) is 34.1 Å². The zero-order valence-electron chi connectivity index (χ0n) is 25.2. The molecule has 0 amide bonds. The number of aromatic hydroxyl groups is 2. The van der Waals surface area contributed by atoms with Gasteiger partial charge < -0.3 is 25.0 Å². The Kier molecular flexibility index (Phi) is 11.2. The second-order valence-electron chi connectivity index (χ2n) is 11.2. The number of Topliss-reactive ketones (excluding diaryl/α,β-unsaturated/α-hetero) is 1. The largest absolute Gasteiger partial charge is 0.504 e. The van der Waals surface area contributed by atoms with Gasteiger partial charge in [0.2, 0.25) is 5.75 Å². The summed E-state index contributed by atoms with van der Waals surface area (Å²) in [6.07, 6.45) is 8.44. The van der Waals surface area contributed by atoms with Crippen molar-refractivity contribution in [3.05, 3.63) is 52.7 Å². The number of rotatable bonds is 4. The van der Waals surface area contributed by atoms with Gasteiger partial charge in [0, 0.05) is 32.2 Å². The van der Waals surface area contributed by atoms with Crippen LogP contribution in [0.2, 0.25) is 0 Å². The molecule has 3 atom stereocenters. The summed E-state index contributed by atoms with van der Waals surface area (Å²) in [6.45, 7) is 4.55. The molecule has 1 aromatic heterocycles. The SMILES string of the molecule is CC[C@@H]1CC[C@@H](OC(C)=O)CC(=O)C[C@H](c2cc(O)c(O)c(OC)c2)C#CCNc2cc(ccn2)CCC2=C(C=NC2)C1. The number of carbonyl (C=O) groups excluding carboxylic acids is 2. The lowest BCUT2D eigenvalue weighted by Crippen LogP contribution is -2.22. The van der Waals surface area contributed by atoms with Gasteiger partial charge in [-0.2, -0.15) is 0 Å². The van der Waals surface area contributed by atoms with E-state index in [-0.39, 0.29) is 35.9 Å². The van der Waals surface area contributed by atoms with Crippen LogP contribution in [0, 0.1) is 17.8 Å². The minimum Gasteiger partial charge on any atom is -0.504 e. The number of phenols is 2. The fourth-order valence-electron chi connectivity index (χ4n) is 5.63. The lowest BCUT2D eigenvalue weighted by molar-refractivity contribution is -0.148. The number of hydrogen-bond acceptors (Lipinski definition) is 9. The predicted molar refractivity (Wildman–Crippen MR) is 166 cm³/mol. The number of phenolic OH excluding ortho intramolecular Hbond substituents is 2. The van der Waals surface area contributed by atoms with Crippen LogP contribution in [0.4, 0.5) is 5.82 Å². The van der Waals surface area contributed by atoms with Crippen LogP contribution in [0.25, 0.3) is 0 Å². The van der Waals surface area contributed by atoms with Crippen molar-refractivity contribution in [3.63, 3.8) is 0 Å². The van der Waals surface area contributed by atoms with Crippen molar-refractivity contribution in [2.75, 3.05) is 25.5 Å². The molecule has 0 saturated carbocycles. The molecule has 1 aromatic carbocycles. The third-order valence-electron chi connectivity index (χ3n) is 8.06. The Morgan fingerprint density at radius 3 is 2.74 bits per heavy atom. The van der Waals surface area contributed by atoms with Gasteiger partial charge in [-0.1, -0.05) is 25.2 Å². The third-order valence-corrected chi connectivity index (χ3v) is 8.06. The number of nitrogens with zero attached hydrogens (tertiary/aromatic N) is 2. The number of carbonyl (C=O) groups is 2. The summed E-state index contributed by atoms with van der Waals surface area (Å²) in [5, 5.41) is 23.7. The minimum absolute atomic E-state index is 0.0375. The number of methoxy groups -OCH3 is 1. The Morgan fingerprint density at radius 2 is 1.98 bits per heavy atom. The Balaban J connectivity index is 1.64. The fourth-order valence-corrected chi connectivity index (χ4v) is 5.63. The van der Waals surface area contributed by atoms with Crippen LogP contribution >= 0.6 is 0 Å². The summed E-state index contributed by atoms with van der Waals surface area (Å²) in [5.41, 5.74) is 4.36. The first-order chi connectivity index (χ1) is 20.7. The summed E-state index contributed by atoms with van der Waals surface area (Å²) in [4.78, 5) is 34.3. The average molecular weight is 588 g/mol. The minimum atomic E-state index is -0.590. The van der Waals surface area contributed by atoms with Gasteiger partial charge in [-0.25, -0.2) is 4.98 Å². The van der Waals surface area contributed by atoms with Gasteiger partial charge in [-0.05, 0) is 84.6 Å². The number of anilines is 1. The highest BCUT2D eigenvalue weighted by atomic mass is 16.5. The number of aromatic nitrogens is 1. The first kappa shape index (κ1) is 31.6. The number of ether oxygens (including phenoxy) is 2. The summed E-state index contributed by atoms with van der Waals surface area (Å²) < 4.78 is 10.8. The maximum atomic E-state index is 13.4. The molecule has 9 heteroatoms. The monoisotopic (exact) mass is 587 g/mol. The molecule has 2 bridgehead atoms. The zero-order chi connectivity index (χ0) is 30.8. The van der Waals surface area contributed by atoms with E-state index >= 15 is 0 Å². The molecule has 0 unspecified atom stereocenters. The molecule has 2 aliphatic heterocycles. The van der Waals surface area contributed by atoms with E-state index in [1.54, 1.807) is 12.3 Å². The molecule has 0 saturated heterocycles. The second-order valence-corrected chi connectivity index (χ2v) is 11.2. The van der Waals surface area contributed by atoms with Crippen molar-refractivity contribution in [2.24, 2.45) is 10.9 Å². The van der Waals surface area contributed by atoms with E-state index in [9.17, 15) is 19.8 Å². The van der Waals surface area contributed by atoms with Crippen molar-refractivity contribution in [2.45, 2.75) is 77.2 Å². The molecule has 2 aromatic rings. The molecule has 0 spiro atoms. The maximum absolute atomic E-state index is 13.4. The van der Waals surface area contributed by atoms with Crippen LogP contribution in [0.1, 0.15) is 75.8 Å². The second kappa shape index (κ2) is 15.2. The van der Waals surface area contributed by atoms with Gasteiger partial charge in [-0.15, -0.1) is 0 Å². The Hall–Kier alpha value is -4.32. The van der Waals surface area contributed by atoms with Crippen molar-refractivity contribution < 1.29 is 29.3 Å². The average Bonchev–Trinajstić information content (AvgIpc) is 3.43. The van der Waals surface area contributed by atoms with Crippen molar-refractivity contribution in [1.82, 2.24) is 4.98 Å². The number of fused-ring (bicyclic) bond motifs is 2. The number of ketones is 1. The van der Waals surface area contributed by atoms with E-state index in [1.165, 1.54) is 36.8 Å². The summed E-state index contributed by atoms with van der Waals surface area (Å²) in [6, 6.07) is 7.02. The van der Waals surface area contributed by atoms with Gasteiger partial charge >= 0.3 is 5.97 Å². The summed E-state index contributed by atoms with van der Waals surface area (Å²) in [7, 11) is 1.39. The summed E-state index contributed by atoms with van der Waals surface area (Å²) >= 11 is 0. The normalized spacial score (nSPS) is 21.7. The number of allylic oxidation sites excluding steroid dienone is 1. The lowest BCUT2D eigenvalue weighted by atomic mass is 9.87. The molecule has 3 heterocycles. The number of aliphatic imine (C=N–C) groups is 1. The Morgan fingerprint density at radius 1 is 1.14 bits per heavy atom. The number of benzene rings is 1. The van der Waals surface area contributed by atoms with Gasteiger partial charge in [0.05, 0.1) is 26.1 Å². The first-order valence-corrected chi connectivity index (χ1v) is 14.9. The molecule has 4 rings (SSSR count). The van der Waals surface area contributed by atoms with Crippen LogP contribution in [-0.2, 0) is 20.7 Å². The lowest BCUT2D eigenvalue weighted by Gasteiger charge is -2.21. The highest BCUT2D eigenvalue weighted by molar-refractivity contribution is 5.82. The number of nitrogens with one attached hydrogen (secondary N) is 1. The van der Waals surface area contributed by atoms with E-state index < -0.39 is 18.0 Å². The van der Waals surface area contributed by atoms with Gasteiger partial charge in [0.1, 0.15) is 17.7 Å². The quantitative estimate of drug-likeness (QED) is 0.243. The molecule has 228 valence electrons. The Labute approximate surface area is 253 Å². The number of esters is 1. The van der Waals surface area contributed by atoms with Crippen LogP contribution in [0.3, 0.4) is 0 Å². The van der Waals surface area contributed by atoms with E-state index in [4.69, 9.17) is 9.47 Å². The predicted octanol–water partition coefficient (Wildman–Crippen LogP) is 5.51. The zero-order valence-corrected chi connectivity index (χ0v) is 25.2. The van der Waals surface area contributed by atoms with E-state index in [0.717, 1.165) is 38.6 Å². The van der Waals surface area contributed by atoms with Crippen molar-refractivity contribution >= 4 is 23.8 Å². The summed E-state index contributed by atoms with van der Waals surface area (Å²) in [5.74, 6) is 5.57. The van der Waals surface area contributed by atoms with Crippen LogP contribution in [0.15, 0.2) is 46.6 Å². The molecule has 0 radical (unpaired) electrons. The van der Waals surface area contributed by atoms with Crippen LogP contribution in [-0.4, -0.2) is 59.5 Å². The molecule has 3 N–H and O–H groups in total.